The van der Waals surface area contributed by atoms with Gasteiger partial charge in [-0.3, -0.25) is 29.0 Å². The number of aliphatic carboxylic acids is 4. The van der Waals surface area contributed by atoms with Crippen LogP contribution in [0.25, 0.3) is 0 Å². The van der Waals surface area contributed by atoms with Crippen molar-refractivity contribution in [2.24, 2.45) is 0 Å². The van der Waals surface area contributed by atoms with Gasteiger partial charge >= 0.3 is 23.9 Å². The van der Waals surface area contributed by atoms with Crippen LogP contribution < -0.4 is 0 Å². The van der Waals surface area contributed by atoms with Gasteiger partial charge in [0.2, 0.25) is 0 Å². The zero-order valence-electron chi connectivity index (χ0n) is 11.4. The van der Waals surface area contributed by atoms with Crippen LogP contribution >= 0.6 is 0 Å². The van der Waals surface area contributed by atoms with Crippen LogP contribution in [0.3, 0.4) is 0 Å². The molecule has 0 aliphatic carbocycles. The summed E-state index contributed by atoms with van der Waals surface area (Å²) in [5, 5.41) is 34.5. The van der Waals surface area contributed by atoms with E-state index < -0.39 is 50.1 Å². The van der Waals surface area contributed by atoms with Gasteiger partial charge < -0.3 is 20.4 Å². The van der Waals surface area contributed by atoms with Crippen molar-refractivity contribution in [3.05, 3.63) is 0 Å². The molecule has 12 heteroatoms. The molecule has 0 aromatic heterocycles. The number of nitrogens with zero attached hydrogens (tertiary/aromatic N) is 2. The first-order chi connectivity index (χ1) is 9.20. The van der Waals surface area contributed by atoms with Crippen molar-refractivity contribution in [1.82, 2.24) is 9.80 Å². The number of hydrogen-bond acceptors (Lipinski definition) is 6. The maximum atomic E-state index is 10.6. The summed E-state index contributed by atoms with van der Waals surface area (Å²) in [4.78, 5) is 44.4. The molecule has 0 unspecified atom stereocenters. The fourth-order valence-electron chi connectivity index (χ4n) is 1.48. The summed E-state index contributed by atoms with van der Waals surface area (Å²) in [6.07, 6.45) is 0. The summed E-state index contributed by atoms with van der Waals surface area (Å²) in [5.74, 6) is -4.91. The first kappa shape index (κ1) is 25.8. The molecule has 126 valence electrons. The van der Waals surface area contributed by atoms with Crippen molar-refractivity contribution in [2.75, 3.05) is 39.3 Å². The van der Waals surface area contributed by atoms with E-state index >= 15 is 0 Å². The third-order valence-electron chi connectivity index (χ3n) is 2.17. The monoisotopic (exact) mass is 396 g/mol. The van der Waals surface area contributed by atoms with Crippen molar-refractivity contribution in [3.8, 4) is 0 Å². The second-order valence-electron chi connectivity index (χ2n) is 4.00. The summed E-state index contributed by atoms with van der Waals surface area (Å²) in [6.45, 7) is -2.25. The van der Waals surface area contributed by atoms with Crippen molar-refractivity contribution in [3.63, 3.8) is 0 Å². The van der Waals surface area contributed by atoms with Crippen molar-refractivity contribution in [2.45, 2.75) is 0 Å². The van der Waals surface area contributed by atoms with Crippen molar-refractivity contribution >= 4 is 23.9 Å². The van der Waals surface area contributed by atoms with Crippen LogP contribution in [-0.2, 0) is 53.9 Å². The average Bonchev–Trinajstić information content (AvgIpc) is 2.22. The van der Waals surface area contributed by atoms with Crippen molar-refractivity contribution < 1.29 is 74.3 Å². The third kappa shape index (κ3) is 15.3. The smallest absolute Gasteiger partial charge is 0.317 e. The van der Waals surface area contributed by atoms with Crippen LogP contribution in [0.15, 0.2) is 0 Å². The normalized spacial score (nSPS) is 9.73. The molecule has 0 saturated heterocycles. The van der Waals surface area contributed by atoms with Gasteiger partial charge in [-0.2, -0.15) is 0 Å². The number of carboxylic acid groups (broad SMARTS) is 4. The summed E-state index contributed by atoms with van der Waals surface area (Å²) < 4.78 is 0. The summed E-state index contributed by atoms with van der Waals surface area (Å²) in [7, 11) is 0. The minimum absolute atomic E-state index is 0. The molecular weight excluding hydrogens is 380 g/mol. The van der Waals surface area contributed by atoms with E-state index in [-0.39, 0.29) is 47.8 Å². The fraction of sp³-hybridized carbons (Fsp3) is 0.600. The molecule has 0 rings (SSSR count). The predicted molar refractivity (Wildman–Crippen MR) is 63.4 cm³/mol. The number of rotatable bonds is 11. The molecule has 0 saturated carbocycles. The molecule has 0 aliphatic rings. The second-order valence-corrected chi connectivity index (χ2v) is 4.00. The molecule has 0 aromatic carbocycles. The molecule has 0 atom stereocenters. The van der Waals surface area contributed by atoms with Crippen molar-refractivity contribution in [1.29, 1.82) is 0 Å². The Kier molecular flexibility index (Phi) is 15.9. The first-order valence-electron chi connectivity index (χ1n) is 5.52. The number of carboxylic acids is 4. The Balaban J connectivity index is -0.00000180. The Morgan fingerprint density at radius 3 is 0.864 bits per heavy atom. The fourth-order valence-corrected chi connectivity index (χ4v) is 1.48. The van der Waals surface area contributed by atoms with Gasteiger partial charge in [-0.1, -0.05) is 0 Å². The molecule has 0 spiro atoms. The Labute approximate surface area is 147 Å². The molecule has 0 bridgehead atoms. The van der Waals surface area contributed by atoms with E-state index in [1.54, 1.807) is 0 Å². The Morgan fingerprint density at radius 2 is 0.727 bits per heavy atom. The number of hydrogen-bond donors (Lipinski definition) is 4. The zero-order valence-corrected chi connectivity index (χ0v) is 13.9. The van der Waals surface area contributed by atoms with E-state index in [1.807, 2.05) is 0 Å². The molecule has 0 aromatic rings. The van der Waals surface area contributed by atoms with Crippen LogP contribution in [0.2, 0.25) is 0 Å². The third-order valence-corrected chi connectivity index (χ3v) is 2.17. The number of carbonyl (C=O) groups is 4. The Hall–Kier alpha value is -1.14. The molecule has 4 N–H and O–H groups in total. The topological polar surface area (TPSA) is 156 Å². The molecule has 0 aliphatic heterocycles. The van der Waals surface area contributed by atoms with Crippen LogP contribution in [0, 0.1) is 0 Å². The molecule has 22 heavy (non-hydrogen) atoms. The summed E-state index contributed by atoms with van der Waals surface area (Å²) in [5.41, 5.74) is 0. The summed E-state index contributed by atoms with van der Waals surface area (Å²) >= 11 is 0. The maximum Gasteiger partial charge on any atom is 0.317 e. The molecular formula is C10H16Cr2N2O8. The van der Waals surface area contributed by atoms with Gasteiger partial charge in [0.05, 0.1) is 26.2 Å². The quantitative estimate of drug-likeness (QED) is 0.306. The Morgan fingerprint density at radius 1 is 0.545 bits per heavy atom. The minimum atomic E-state index is -1.23. The SMILES string of the molecule is O=C(O)CN(CCN(CC(=O)O)CC(=O)O)CC(=O)O.[Cr].[Cr]. The van der Waals surface area contributed by atoms with Gasteiger partial charge in [0.25, 0.3) is 0 Å². The van der Waals surface area contributed by atoms with E-state index in [1.165, 1.54) is 0 Å². The van der Waals surface area contributed by atoms with Gasteiger partial charge in [-0.25, -0.2) is 0 Å². The average molecular weight is 396 g/mol. The Bertz CT molecular complexity index is 325. The maximum absolute atomic E-state index is 10.6. The van der Waals surface area contributed by atoms with Crippen LogP contribution in [0.5, 0.6) is 0 Å². The van der Waals surface area contributed by atoms with Crippen LogP contribution in [0.1, 0.15) is 0 Å². The van der Waals surface area contributed by atoms with E-state index in [9.17, 15) is 19.2 Å². The van der Waals surface area contributed by atoms with Crippen LogP contribution in [-0.4, -0.2) is 93.4 Å². The minimum Gasteiger partial charge on any atom is -0.480 e. The van der Waals surface area contributed by atoms with E-state index in [2.05, 4.69) is 0 Å². The zero-order chi connectivity index (χ0) is 15.7. The van der Waals surface area contributed by atoms with E-state index in [0.29, 0.717) is 0 Å². The standard InChI is InChI=1S/C10H16N2O8.2Cr/c13-7(14)3-11(4-8(15)16)1-2-12(5-9(17)18)6-10(19)20;;/h1-6H2,(H,13,14)(H,15,16)(H,17,18)(H,19,20);;. The molecule has 0 heterocycles. The molecule has 0 radical (unpaired) electrons. The van der Waals surface area contributed by atoms with E-state index in [4.69, 9.17) is 20.4 Å². The van der Waals surface area contributed by atoms with Gasteiger partial charge in [0.1, 0.15) is 0 Å². The predicted octanol–water partition coefficient (Wildman–Crippen LogP) is -2.08. The van der Waals surface area contributed by atoms with Crippen LogP contribution in [0.4, 0.5) is 0 Å². The van der Waals surface area contributed by atoms with Gasteiger partial charge in [-0.15, -0.1) is 0 Å². The molecule has 0 amide bonds. The summed E-state index contributed by atoms with van der Waals surface area (Å²) in [6, 6.07) is 0. The largest absolute Gasteiger partial charge is 0.480 e. The van der Waals surface area contributed by atoms with Gasteiger partial charge in [0, 0.05) is 47.8 Å². The molecule has 0 fully saturated rings. The van der Waals surface area contributed by atoms with Gasteiger partial charge in [-0.05, 0) is 0 Å². The van der Waals surface area contributed by atoms with E-state index in [0.717, 1.165) is 9.80 Å². The van der Waals surface area contributed by atoms with Gasteiger partial charge in [0.15, 0.2) is 0 Å². The second kappa shape index (κ2) is 13.5. The molecule has 10 nitrogen and oxygen atoms in total. The first-order valence-corrected chi connectivity index (χ1v) is 5.52.